The molecule has 1 aliphatic heterocycles. The molecule has 0 radical (unpaired) electrons. The maximum Gasteiger partial charge on any atom is 0.244 e. The van der Waals surface area contributed by atoms with Crippen LogP contribution in [0.5, 0.6) is 0 Å². The fourth-order valence-electron chi connectivity index (χ4n) is 1.42. The van der Waals surface area contributed by atoms with Crippen LogP contribution in [0.3, 0.4) is 0 Å². The Morgan fingerprint density at radius 2 is 2.14 bits per heavy atom. The van der Waals surface area contributed by atoms with Crippen LogP contribution in [0.15, 0.2) is 0 Å². The number of hydrogen-bond acceptors (Lipinski definition) is 4. The lowest BCUT2D eigenvalue weighted by Crippen LogP contribution is -2.53. The van der Waals surface area contributed by atoms with Crippen molar-refractivity contribution in [1.29, 1.82) is 0 Å². The molecule has 2 amide bonds. The van der Waals surface area contributed by atoms with Crippen molar-refractivity contribution in [3.63, 3.8) is 0 Å². The van der Waals surface area contributed by atoms with Gasteiger partial charge in [-0.3, -0.25) is 19.8 Å². The lowest BCUT2D eigenvalue weighted by Gasteiger charge is -2.37. The third-order valence-corrected chi connectivity index (χ3v) is 2.87. The van der Waals surface area contributed by atoms with Crippen LogP contribution in [-0.2, 0) is 9.59 Å². The van der Waals surface area contributed by atoms with E-state index in [9.17, 15) is 9.59 Å². The van der Waals surface area contributed by atoms with Gasteiger partial charge in [0.2, 0.25) is 11.8 Å². The van der Waals surface area contributed by atoms with Crippen LogP contribution in [0.25, 0.3) is 0 Å². The van der Waals surface area contributed by atoms with Gasteiger partial charge in [-0.25, -0.2) is 0 Å². The first kappa shape index (κ1) is 11.1. The molecule has 5 heteroatoms. The van der Waals surface area contributed by atoms with E-state index in [-0.39, 0.29) is 29.8 Å². The third kappa shape index (κ3) is 1.93. The molecule has 1 unspecified atom stereocenters. The van der Waals surface area contributed by atoms with Gasteiger partial charge >= 0.3 is 0 Å². The molecule has 1 rings (SSSR count). The van der Waals surface area contributed by atoms with E-state index in [0.29, 0.717) is 6.54 Å². The maximum absolute atomic E-state index is 11.4. The lowest BCUT2D eigenvalue weighted by molar-refractivity contribution is -0.126. The monoisotopic (exact) mass is 199 g/mol. The number of nitrogens with two attached hydrogens (primary N) is 1. The van der Waals surface area contributed by atoms with Gasteiger partial charge in [0.1, 0.15) is 0 Å². The van der Waals surface area contributed by atoms with Crippen molar-refractivity contribution in [2.24, 2.45) is 5.73 Å². The van der Waals surface area contributed by atoms with Crippen molar-refractivity contribution >= 4 is 11.8 Å². The molecule has 80 valence electrons. The Kier molecular flexibility index (Phi) is 2.92. The fourth-order valence-corrected chi connectivity index (χ4v) is 1.42. The first-order valence-electron chi connectivity index (χ1n) is 4.65. The predicted octanol–water partition coefficient (Wildman–Crippen LogP) is -0.929. The fraction of sp³-hybridized carbons (Fsp3) is 0.778. The minimum Gasteiger partial charge on any atom is -0.329 e. The van der Waals surface area contributed by atoms with E-state index in [0.717, 1.165) is 0 Å². The molecule has 5 nitrogen and oxygen atoms in total. The molecular formula is C9H17N3O2. The molecule has 14 heavy (non-hydrogen) atoms. The maximum atomic E-state index is 11.4. The largest absolute Gasteiger partial charge is 0.329 e. The molecule has 0 aliphatic carbocycles. The van der Waals surface area contributed by atoms with E-state index in [1.807, 2.05) is 25.8 Å². The molecule has 0 aromatic carbocycles. The van der Waals surface area contributed by atoms with Gasteiger partial charge in [-0.15, -0.1) is 0 Å². The summed E-state index contributed by atoms with van der Waals surface area (Å²) in [7, 11) is 1.82. The number of nitrogens with zero attached hydrogens (tertiary/aromatic N) is 1. The van der Waals surface area contributed by atoms with Gasteiger partial charge in [0.05, 0.1) is 12.5 Å². The normalized spacial score (nSPS) is 23.1. The van der Waals surface area contributed by atoms with E-state index in [1.165, 1.54) is 0 Å². The van der Waals surface area contributed by atoms with Gasteiger partial charge in [0, 0.05) is 12.1 Å². The quantitative estimate of drug-likeness (QED) is 0.576. The molecular weight excluding hydrogens is 182 g/mol. The Labute approximate surface area is 83.6 Å². The number of imide groups is 1. The summed E-state index contributed by atoms with van der Waals surface area (Å²) in [6.45, 7) is 4.34. The van der Waals surface area contributed by atoms with E-state index in [1.54, 1.807) is 0 Å². The minimum absolute atomic E-state index is 0.209. The smallest absolute Gasteiger partial charge is 0.244 e. The second kappa shape index (κ2) is 3.67. The summed E-state index contributed by atoms with van der Waals surface area (Å²) in [6, 6.07) is -0.374. The number of rotatable bonds is 3. The number of carbonyl (C=O) groups is 2. The van der Waals surface area contributed by atoms with E-state index >= 15 is 0 Å². The van der Waals surface area contributed by atoms with Gasteiger partial charge in [0.25, 0.3) is 0 Å². The topological polar surface area (TPSA) is 75.4 Å². The van der Waals surface area contributed by atoms with Crippen LogP contribution in [0.1, 0.15) is 20.3 Å². The number of nitrogens with one attached hydrogen (secondary N) is 1. The highest BCUT2D eigenvalue weighted by atomic mass is 16.2. The van der Waals surface area contributed by atoms with Crippen molar-refractivity contribution in [2.75, 3.05) is 13.6 Å². The van der Waals surface area contributed by atoms with E-state index in [4.69, 9.17) is 5.73 Å². The first-order valence-corrected chi connectivity index (χ1v) is 4.65. The lowest BCUT2D eigenvalue weighted by atomic mass is 10.0. The summed E-state index contributed by atoms with van der Waals surface area (Å²) >= 11 is 0. The summed E-state index contributed by atoms with van der Waals surface area (Å²) in [6.07, 6.45) is 0.235. The zero-order valence-electron chi connectivity index (χ0n) is 8.83. The highest BCUT2D eigenvalue weighted by Crippen LogP contribution is 2.18. The molecule has 0 saturated carbocycles. The summed E-state index contributed by atoms with van der Waals surface area (Å²) in [5.41, 5.74) is 5.33. The second-order valence-corrected chi connectivity index (χ2v) is 4.26. The Hall–Kier alpha value is -0.940. The summed E-state index contributed by atoms with van der Waals surface area (Å²) in [5, 5.41) is 2.28. The second-order valence-electron chi connectivity index (χ2n) is 4.26. The Balaban J connectivity index is 2.75. The highest BCUT2D eigenvalue weighted by molar-refractivity contribution is 6.05. The average Bonchev–Trinajstić information content (AvgIpc) is 2.44. The Bertz CT molecular complexity index is 263. The minimum atomic E-state index is -0.374. The molecule has 0 aromatic heterocycles. The van der Waals surface area contributed by atoms with Crippen LogP contribution in [0.4, 0.5) is 0 Å². The summed E-state index contributed by atoms with van der Waals surface area (Å²) in [5.74, 6) is -0.432. The number of likely N-dealkylation sites (N-methyl/N-ethyl adjacent to an activating group) is 1. The van der Waals surface area contributed by atoms with Crippen LogP contribution >= 0.6 is 0 Å². The number of hydrogen-bond donors (Lipinski definition) is 2. The van der Waals surface area contributed by atoms with Crippen molar-refractivity contribution < 1.29 is 9.59 Å². The van der Waals surface area contributed by atoms with Gasteiger partial charge in [0.15, 0.2) is 0 Å². The standard InChI is InChI=1S/C9H17N3O2/c1-9(2,5-10)12(3)6-4-7(13)11-8(6)14/h6H,4-5,10H2,1-3H3,(H,11,13,14). The van der Waals surface area contributed by atoms with Crippen LogP contribution in [-0.4, -0.2) is 41.9 Å². The Morgan fingerprint density at radius 1 is 1.57 bits per heavy atom. The SMILES string of the molecule is CN(C1CC(=O)NC1=O)C(C)(C)CN. The molecule has 0 bridgehead atoms. The van der Waals surface area contributed by atoms with Crippen molar-refractivity contribution in [3.8, 4) is 0 Å². The zero-order valence-corrected chi connectivity index (χ0v) is 8.83. The summed E-state index contributed by atoms with van der Waals surface area (Å²) < 4.78 is 0. The van der Waals surface area contributed by atoms with E-state index < -0.39 is 0 Å². The predicted molar refractivity (Wildman–Crippen MR) is 52.5 cm³/mol. The van der Waals surface area contributed by atoms with Gasteiger partial charge in [-0.1, -0.05) is 0 Å². The van der Waals surface area contributed by atoms with Crippen LogP contribution < -0.4 is 11.1 Å². The molecule has 1 aliphatic rings. The average molecular weight is 199 g/mol. The third-order valence-electron chi connectivity index (χ3n) is 2.87. The van der Waals surface area contributed by atoms with Crippen LogP contribution in [0, 0.1) is 0 Å². The van der Waals surface area contributed by atoms with Crippen LogP contribution in [0.2, 0.25) is 0 Å². The molecule has 1 saturated heterocycles. The van der Waals surface area contributed by atoms with Crippen molar-refractivity contribution in [1.82, 2.24) is 10.2 Å². The van der Waals surface area contributed by atoms with Gasteiger partial charge in [-0.2, -0.15) is 0 Å². The molecule has 3 N–H and O–H groups in total. The molecule has 1 atom stereocenters. The highest BCUT2D eigenvalue weighted by Gasteiger charge is 2.38. The van der Waals surface area contributed by atoms with Crippen molar-refractivity contribution in [3.05, 3.63) is 0 Å². The number of amides is 2. The zero-order chi connectivity index (χ0) is 10.9. The van der Waals surface area contributed by atoms with Gasteiger partial charge in [-0.05, 0) is 20.9 Å². The first-order chi connectivity index (χ1) is 6.38. The summed E-state index contributed by atoms with van der Waals surface area (Å²) in [4.78, 5) is 24.2. The molecule has 0 aromatic rings. The van der Waals surface area contributed by atoms with Crippen molar-refractivity contribution in [2.45, 2.75) is 31.8 Å². The number of carbonyl (C=O) groups excluding carboxylic acids is 2. The van der Waals surface area contributed by atoms with Gasteiger partial charge < -0.3 is 5.73 Å². The Morgan fingerprint density at radius 3 is 2.50 bits per heavy atom. The molecule has 1 fully saturated rings. The van der Waals surface area contributed by atoms with E-state index in [2.05, 4.69) is 5.32 Å². The molecule has 0 spiro atoms. The molecule has 1 heterocycles.